The molecule has 3 heteroatoms. The Morgan fingerprint density at radius 1 is 1.69 bits per heavy atom. The zero-order valence-corrected chi connectivity index (χ0v) is 8.09. The van der Waals surface area contributed by atoms with Gasteiger partial charge in [0.05, 0.1) is 6.33 Å². The molecule has 72 valence electrons. The molecule has 1 aliphatic rings. The van der Waals surface area contributed by atoms with E-state index in [-0.39, 0.29) is 0 Å². The minimum absolute atomic E-state index is 0.635. The van der Waals surface area contributed by atoms with Crippen LogP contribution in [0.4, 0.5) is 0 Å². The number of hydrogen-bond donors (Lipinski definition) is 2. The predicted molar refractivity (Wildman–Crippen MR) is 52.2 cm³/mol. The summed E-state index contributed by atoms with van der Waals surface area (Å²) in [6, 6.07) is 0.635. The zero-order valence-electron chi connectivity index (χ0n) is 8.09. The lowest BCUT2D eigenvalue weighted by molar-refractivity contribution is 0.485. The molecule has 1 aliphatic carbocycles. The molecular weight excluding hydrogens is 162 g/mol. The van der Waals surface area contributed by atoms with Crippen LogP contribution in [0.15, 0.2) is 12.5 Å². The van der Waals surface area contributed by atoms with E-state index in [1.54, 1.807) is 6.33 Å². The third-order valence-electron chi connectivity index (χ3n) is 2.58. The van der Waals surface area contributed by atoms with E-state index in [9.17, 15) is 0 Å². The maximum atomic E-state index is 3.98. The van der Waals surface area contributed by atoms with E-state index in [4.69, 9.17) is 0 Å². The molecule has 2 N–H and O–H groups in total. The van der Waals surface area contributed by atoms with Crippen LogP contribution in [-0.4, -0.2) is 16.0 Å². The summed E-state index contributed by atoms with van der Waals surface area (Å²) in [6.07, 6.45) is 7.81. The highest BCUT2D eigenvalue weighted by atomic mass is 15.0. The van der Waals surface area contributed by atoms with Crippen molar-refractivity contribution in [1.82, 2.24) is 15.3 Å². The molecule has 0 aliphatic heterocycles. The van der Waals surface area contributed by atoms with Gasteiger partial charge < -0.3 is 10.3 Å². The molecule has 1 aromatic rings. The minimum Gasteiger partial charge on any atom is -0.347 e. The SMILES string of the molecule is CC(CC1CC1)NCc1cnc[nH]1. The normalized spacial score (nSPS) is 18.8. The smallest absolute Gasteiger partial charge is 0.0922 e. The first-order valence-corrected chi connectivity index (χ1v) is 5.05. The van der Waals surface area contributed by atoms with Crippen LogP contribution in [0, 0.1) is 5.92 Å². The van der Waals surface area contributed by atoms with Crippen LogP contribution >= 0.6 is 0 Å². The van der Waals surface area contributed by atoms with E-state index in [1.807, 2.05) is 6.20 Å². The van der Waals surface area contributed by atoms with Gasteiger partial charge in [-0.2, -0.15) is 0 Å². The lowest BCUT2D eigenvalue weighted by Gasteiger charge is -2.11. The number of nitrogens with zero attached hydrogens (tertiary/aromatic N) is 1. The summed E-state index contributed by atoms with van der Waals surface area (Å²) in [5.74, 6) is 1.00. The summed E-state index contributed by atoms with van der Waals surface area (Å²) in [5.41, 5.74) is 1.17. The standard InChI is InChI=1S/C10H17N3/c1-8(4-9-2-3-9)12-6-10-5-11-7-13-10/h5,7-9,12H,2-4,6H2,1H3,(H,11,13). The largest absolute Gasteiger partial charge is 0.347 e. The molecule has 1 saturated carbocycles. The molecule has 1 aromatic heterocycles. The summed E-state index contributed by atoms with van der Waals surface area (Å²) in [4.78, 5) is 7.07. The summed E-state index contributed by atoms with van der Waals surface area (Å²) in [5, 5.41) is 3.49. The van der Waals surface area contributed by atoms with E-state index in [0.717, 1.165) is 12.5 Å². The molecule has 1 heterocycles. The van der Waals surface area contributed by atoms with E-state index in [2.05, 4.69) is 22.2 Å². The van der Waals surface area contributed by atoms with Gasteiger partial charge in [-0.25, -0.2) is 4.98 Å². The molecule has 0 bridgehead atoms. The van der Waals surface area contributed by atoms with Crippen molar-refractivity contribution >= 4 is 0 Å². The maximum absolute atomic E-state index is 3.98. The minimum atomic E-state index is 0.635. The van der Waals surface area contributed by atoms with Crippen LogP contribution in [0.5, 0.6) is 0 Å². The van der Waals surface area contributed by atoms with Gasteiger partial charge in [-0.3, -0.25) is 0 Å². The zero-order chi connectivity index (χ0) is 9.10. The predicted octanol–water partition coefficient (Wildman–Crippen LogP) is 1.69. The molecule has 1 atom stereocenters. The molecule has 0 aromatic carbocycles. The summed E-state index contributed by atoms with van der Waals surface area (Å²) in [7, 11) is 0. The van der Waals surface area contributed by atoms with Crippen molar-refractivity contribution in [1.29, 1.82) is 0 Å². The second kappa shape index (κ2) is 3.92. The van der Waals surface area contributed by atoms with Gasteiger partial charge in [0.2, 0.25) is 0 Å². The number of imidazole rings is 1. The number of hydrogen-bond acceptors (Lipinski definition) is 2. The Morgan fingerprint density at radius 2 is 2.54 bits per heavy atom. The van der Waals surface area contributed by atoms with Crippen molar-refractivity contribution in [2.45, 2.75) is 38.8 Å². The fourth-order valence-corrected chi connectivity index (χ4v) is 1.60. The molecule has 3 nitrogen and oxygen atoms in total. The third kappa shape index (κ3) is 2.84. The lowest BCUT2D eigenvalue weighted by atomic mass is 10.1. The molecule has 1 unspecified atom stereocenters. The first-order chi connectivity index (χ1) is 6.34. The summed E-state index contributed by atoms with van der Waals surface area (Å²) < 4.78 is 0. The van der Waals surface area contributed by atoms with Crippen molar-refractivity contribution in [2.24, 2.45) is 5.92 Å². The first-order valence-electron chi connectivity index (χ1n) is 5.05. The van der Waals surface area contributed by atoms with Crippen molar-refractivity contribution in [2.75, 3.05) is 0 Å². The molecule has 13 heavy (non-hydrogen) atoms. The van der Waals surface area contributed by atoms with Crippen molar-refractivity contribution in [3.8, 4) is 0 Å². The van der Waals surface area contributed by atoms with Crippen LogP contribution in [-0.2, 0) is 6.54 Å². The Labute approximate surface area is 79.0 Å². The first kappa shape index (κ1) is 8.75. The second-order valence-corrected chi connectivity index (χ2v) is 4.04. The van der Waals surface area contributed by atoms with Crippen LogP contribution in [0.3, 0.4) is 0 Å². The quantitative estimate of drug-likeness (QED) is 0.722. The third-order valence-corrected chi connectivity index (χ3v) is 2.58. The number of aromatic amines is 1. The molecule has 0 radical (unpaired) electrons. The number of aromatic nitrogens is 2. The number of H-pyrrole nitrogens is 1. The topological polar surface area (TPSA) is 40.7 Å². The van der Waals surface area contributed by atoms with Gasteiger partial charge >= 0.3 is 0 Å². The Morgan fingerprint density at radius 3 is 3.15 bits per heavy atom. The fraction of sp³-hybridized carbons (Fsp3) is 0.700. The Hall–Kier alpha value is -0.830. The van der Waals surface area contributed by atoms with E-state index < -0.39 is 0 Å². The van der Waals surface area contributed by atoms with E-state index >= 15 is 0 Å². The highest BCUT2D eigenvalue weighted by Crippen LogP contribution is 2.33. The van der Waals surface area contributed by atoms with Gasteiger partial charge in [-0.1, -0.05) is 12.8 Å². The molecular formula is C10H17N3. The van der Waals surface area contributed by atoms with Crippen LogP contribution in [0.2, 0.25) is 0 Å². The van der Waals surface area contributed by atoms with Gasteiger partial charge in [0.25, 0.3) is 0 Å². The molecule has 2 rings (SSSR count). The molecule has 0 amide bonds. The van der Waals surface area contributed by atoms with Crippen molar-refractivity contribution in [3.05, 3.63) is 18.2 Å². The monoisotopic (exact) mass is 179 g/mol. The summed E-state index contributed by atoms with van der Waals surface area (Å²) in [6.45, 7) is 3.17. The van der Waals surface area contributed by atoms with Gasteiger partial charge in [0.1, 0.15) is 0 Å². The van der Waals surface area contributed by atoms with Gasteiger partial charge in [-0.15, -0.1) is 0 Å². The van der Waals surface area contributed by atoms with Gasteiger partial charge in [0.15, 0.2) is 0 Å². The van der Waals surface area contributed by atoms with E-state index in [1.165, 1.54) is 25.0 Å². The number of nitrogens with one attached hydrogen (secondary N) is 2. The Balaban J connectivity index is 1.66. The Bertz CT molecular complexity index is 239. The van der Waals surface area contributed by atoms with Crippen molar-refractivity contribution < 1.29 is 0 Å². The van der Waals surface area contributed by atoms with E-state index in [0.29, 0.717) is 6.04 Å². The van der Waals surface area contributed by atoms with Crippen LogP contribution in [0.25, 0.3) is 0 Å². The van der Waals surface area contributed by atoms with Gasteiger partial charge in [-0.05, 0) is 19.3 Å². The average molecular weight is 179 g/mol. The maximum Gasteiger partial charge on any atom is 0.0922 e. The lowest BCUT2D eigenvalue weighted by Crippen LogP contribution is -2.25. The summed E-state index contributed by atoms with van der Waals surface area (Å²) >= 11 is 0. The average Bonchev–Trinajstić information content (AvgIpc) is 2.78. The van der Waals surface area contributed by atoms with Crippen LogP contribution < -0.4 is 5.32 Å². The molecule has 0 saturated heterocycles. The highest BCUT2D eigenvalue weighted by molar-refractivity contribution is 4.93. The van der Waals surface area contributed by atoms with Crippen LogP contribution in [0.1, 0.15) is 31.9 Å². The van der Waals surface area contributed by atoms with Gasteiger partial charge in [0, 0.05) is 24.5 Å². The second-order valence-electron chi connectivity index (χ2n) is 4.04. The molecule has 0 spiro atoms. The molecule has 1 fully saturated rings. The Kier molecular flexibility index (Phi) is 2.64. The number of rotatable bonds is 5. The highest BCUT2D eigenvalue weighted by Gasteiger charge is 2.23. The fourth-order valence-electron chi connectivity index (χ4n) is 1.60. The van der Waals surface area contributed by atoms with Crippen molar-refractivity contribution in [3.63, 3.8) is 0 Å².